The molecule has 0 aliphatic carbocycles. The van der Waals surface area contributed by atoms with E-state index in [1.54, 1.807) is 6.92 Å². The van der Waals surface area contributed by atoms with E-state index in [4.69, 9.17) is 28.3 Å². The van der Waals surface area contributed by atoms with Gasteiger partial charge in [-0.2, -0.15) is 5.10 Å². The second-order valence-corrected chi connectivity index (χ2v) is 3.64. The number of aromatic carboxylic acids is 1. The quantitative estimate of drug-likeness (QED) is 0.782. The summed E-state index contributed by atoms with van der Waals surface area (Å²) in [6, 6.07) is 1.31. The summed E-state index contributed by atoms with van der Waals surface area (Å²) in [5, 5.41) is 13.0. The van der Waals surface area contributed by atoms with Crippen molar-refractivity contribution in [2.45, 2.75) is 6.92 Å². The normalized spacial score (nSPS) is 10.9. The van der Waals surface area contributed by atoms with Crippen molar-refractivity contribution in [1.82, 2.24) is 14.6 Å². The summed E-state index contributed by atoms with van der Waals surface area (Å²) in [5.41, 5.74) is 0.755. The molecule has 0 atom stereocenters. The summed E-state index contributed by atoms with van der Waals surface area (Å²) in [6.45, 7) is 1.68. The minimum atomic E-state index is -1.13. The van der Waals surface area contributed by atoms with Gasteiger partial charge in [0.2, 0.25) is 0 Å². The van der Waals surface area contributed by atoms with Crippen LogP contribution < -0.4 is 0 Å². The number of fused-ring (bicyclic) bond motifs is 1. The van der Waals surface area contributed by atoms with Crippen LogP contribution in [0, 0.1) is 6.92 Å². The van der Waals surface area contributed by atoms with Crippen LogP contribution in [-0.2, 0) is 0 Å². The zero-order chi connectivity index (χ0) is 11.2. The van der Waals surface area contributed by atoms with Crippen LogP contribution >= 0.6 is 23.2 Å². The summed E-state index contributed by atoms with van der Waals surface area (Å²) in [6.07, 6.45) is 0. The highest BCUT2D eigenvalue weighted by Crippen LogP contribution is 2.23. The van der Waals surface area contributed by atoms with Crippen molar-refractivity contribution in [3.8, 4) is 0 Å². The molecule has 0 aromatic carbocycles. The van der Waals surface area contributed by atoms with Gasteiger partial charge < -0.3 is 5.11 Å². The lowest BCUT2D eigenvalue weighted by Gasteiger charge is -2.01. The largest absolute Gasteiger partial charge is 0.476 e. The summed E-state index contributed by atoms with van der Waals surface area (Å²) >= 11 is 11.7. The van der Waals surface area contributed by atoms with Crippen LogP contribution in [-0.4, -0.2) is 25.7 Å². The molecule has 78 valence electrons. The number of hydrogen-bond donors (Lipinski definition) is 1. The molecule has 2 heterocycles. The van der Waals surface area contributed by atoms with E-state index in [1.807, 2.05) is 0 Å². The highest BCUT2D eigenvalue weighted by Gasteiger charge is 2.14. The van der Waals surface area contributed by atoms with Gasteiger partial charge in [0.25, 0.3) is 0 Å². The smallest absolute Gasteiger partial charge is 0.356 e. The molecule has 0 unspecified atom stereocenters. The van der Waals surface area contributed by atoms with Crippen LogP contribution in [0.3, 0.4) is 0 Å². The fourth-order valence-electron chi connectivity index (χ4n) is 1.13. The topological polar surface area (TPSA) is 67.5 Å². The zero-order valence-corrected chi connectivity index (χ0v) is 9.04. The average Bonchev–Trinajstić information content (AvgIpc) is 2.58. The van der Waals surface area contributed by atoms with Gasteiger partial charge in [0.1, 0.15) is 10.3 Å². The van der Waals surface area contributed by atoms with Gasteiger partial charge >= 0.3 is 5.97 Å². The number of hydrogen-bond acceptors (Lipinski definition) is 3. The Morgan fingerprint density at radius 2 is 2.20 bits per heavy atom. The third-order valence-electron chi connectivity index (χ3n) is 1.93. The Bertz CT molecular complexity index is 565. The van der Waals surface area contributed by atoms with E-state index in [1.165, 1.54) is 10.6 Å². The SMILES string of the molecule is Cc1c(Cl)nc2cc(C(=O)O)nn2c1Cl. The molecule has 2 aromatic rings. The highest BCUT2D eigenvalue weighted by atomic mass is 35.5. The predicted molar refractivity (Wildman–Crippen MR) is 54.7 cm³/mol. The van der Waals surface area contributed by atoms with Gasteiger partial charge in [-0.3, -0.25) is 0 Å². The first-order valence-corrected chi connectivity index (χ1v) is 4.71. The number of rotatable bonds is 1. The predicted octanol–water partition coefficient (Wildman–Crippen LogP) is 2.04. The molecule has 0 amide bonds. The van der Waals surface area contributed by atoms with E-state index in [0.29, 0.717) is 11.2 Å². The number of carboxylic acid groups (broad SMARTS) is 1. The average molecular weight is 246 g/mol. The lowest BCUT2D eigenvalue weighted by Crippen LogP contribution is -1.99. The van der Waals surface area contributed by atoms with Gasteiger partial charge in [0.05, 0.1) is 0 Å². The monoisotopic (exact) mass is 245 g/mol. The van der Waals surface area contributed by atoms with Gasteiger partial charge in [-0.05, 0) is 6.92 Å². The first-order valence-electron chi connectivity index (χ1n) is 3.95. The fraction of sp³-hybridized carbons (Fsp3) is 0.125. The molecular weight excluding hydrogens is 241 g/mol. The molecular formula is C8H5Cl2N3O2. The van der Waals surface area contributed by atoms with Crippen molar-refractivity contribution in [3.63, 3.8) is 0 Å². The zero-order valence-electron chi connectivity index (χ0n) is 7.53. The molecule has 2 aromatic heterocycles. The maximum Gasteiger partial charge on any atom is 0.356 e. The third-order valence-corrected chi connectivity index (χ3v) is 2.74. The van der Waals surface area contributed by atoms with Crippen molar-refractivity contribution < 1.29 is 9.90 Å². The number of nitrogens with zero attached hydrogens (tertiary/aromatic N) is 3. The minimum Gasteiger partial charge on any atom is -0.476 e. The summed E-state index contributed by atoms with van der Waals surface area (Å²) in [7, 11) is 0. The van der Waals surface area contributed by atoms with Crippen molar-refractivity contribution in [2.24, 2.45) is 0 Å². The molecule has 0 aliphatic rings. The summed E-state index contributed by atoms with van der Waals surface area (Å²) < 4.78 is 1.24. The second kappa shape index (κ2) is 3.36. The Kier molecular flexibility index (Phi) is 2.28. The van der Waals surface area contributed by atoms with Crippen LogP contribution in [0.4, 0.5) is 0 Å². The van der Waals surface area contributed by atoms with Gasteiger partial charge in [0.15, 0.2) is 11.3 Å². The van der Waals surface area contributed by atoms with Crippen LogP contribution in [0.15, 0.2) is 6.07 Å². The Balaban J connectivity index is 2.82. The van der Waals surface area contributed by atoms with E-state index in [9.17, 15) is 4.79 Å². The Hall–Kier alpha value is -1.33. The first kappa shape index (κ1) is 10.2. The highest BCUT2D eigenvalue weighted by molar-refractivity contribution is 6.34. The molecule has 0 spiro atoms. The van der Waals surface area contributed by atoms with Gasteiger partial charge in [0, 0.05) is 11.6 Å². The van der Waals surface area contributed by atoms with E-state index < -0.39 is 5.97 Å². The van der Waals surface area contributed by atoms with Crippen molar-refractivity contribution >= 4 is 34.8 Å². The van der Waals surface area contributed by atoms with Gasteiger partial charge in [-0.15, -0.1) is 0 Å². The van der Waals surface area contributed by atoms with Crippen LogP contribution in [0.2, 0.25) is 10.3 Å². The lowest BCUT2D eigenvalue weighted by molar-refractivity contribution is 0.0690. The molecule has 0 radical (unpaired) electrons. The second-order valence-electron chi connectivity index (χ2n) is 2.92. The summed E-state index contributed by atoms with van der Waals surface area (Å²) in [5.74, 6) is -1.13. The van der Waals surface area contributed by atoms with Crippen molar-refractivity contribution in [3.05, 3.63) is 27.6 Å². The molecule has 7 heteroatoms. The fourth-order valence-corrected chi connectivity index (χ4v) is 1.57. The number of carbonyl (C=O) groups is 1. The van der Waals surface area contributed by atoms with E-state index in [2.05, 4.69) is 10.1 Å². The molecule has 5 nitrogen and oxygen atoms in total. The Morgan fingerprint density at radius 3 is 2.80 bits per heavy atom. The van der Waals surface area contributed by atoms with Gasteiger partial charge in [-0.25, -0.2) is 14.3 Å². The van der Waals surface area contributed by atoms with Crippen LogP contribution in [0.25, 0.3) is 5.65 Å². The number of halogens is 2. The van der Waals surface area contributed by atoms with Gasteiger partial charge in [-0.1, -0.05) is 23.2 Å². The molecule has 0 bridgehead atoms. The number of carboxylic acids is 1. The van der Waals surface area contributed by atoms with Crippen LogP contribution in [0.1, 0.15) is 16.1 Å². The maximum absolute atomic E-state index is 10.7. The third kappa shape index (κ3) is 1.53. The molecule has 15 heavy (non-hydrogen) atoms. The first-order chi connectivity index (χ1) is 7.00. The molecule has 0 saturated carbocycles. The summed E-state index contributed by atoms with van der Waals surface area (Å²) in [4.78, 5) is 14.6. The van der Waals surface area contributed by atoms with E-state index >= 15 is 0 Å². The number of aromatic nitrogens is 3. The maximum atomic E-state index is 10.7. The van der Waals surface area contributed by atoms with E-state index in [-0.39, 0.29) is 16.0 Å². The van der Waals surface area contributed by atoms with Crippen molar-refractivity contribution in [2.75, 3.05) is 0 Å². The van der Waals surface area contributed by atoms with Crippen molar-refractivity contribution in [1.29, 1.82) is 0 Å². The molecule has 2 rings (SSSR count). The molecule has 1 N–H and O–H groups in total. The van der Waals surface area contributed by atoms with E-state index in [0.717, 1.165) is 0 Å². The Morgan fingerprint density at radius 1 is 1.53 bits per heavy atom. The molecule has 0 fully saturated rings. The standard InChI is InChI=1S/C8H5Cl2N3O2/c1-3-6(9)11-5-2-4(8(14)15)12-13(5)7(3)10/h2H,1H3,(H,14,15). The minimum absolute atomic E-state index is 0.119. The molecule has 0 aliphatic heterocycles. The lowest BCUT2D eigenvalue weighted by atomic mass is 10.4. The molecule has 0 saturated heterocycles. The Labute approximate surface area is 94.2 Å². The van der Waals surface area contributed by atoms with Crippen LogP contribution in [0.5, 0.6) is 0 Å².